The molecule has 122 valence electrons. The van der Waals surface area contributed by atoms with Crippen molar-refractivity contribution in [3.63, 3.8) is 0 Å². The zero-order valence-electron chi connectivity index (χ0n) is 14.0. The molecular weight excluding hydrogens is 351 g/mol. The first-order valence-corrected chi connectivity index (χ1v) is 9.65. The molecule has 0 aromatic heterocycles. The summed E-state index contributed by atoms with van der Waals surface area (Å²) in [6, 6.07) is 6.56. The molecule has 1 aromatic rings. The first-order valence-electron chi connectivity index (χ1n) is 7.13. The number of hydrogen-bond donors (Lipinski definition) is 0. The van der Waals surface area contributed by atoms with E-state index in [1.807, 2.05) is 0 Å². The van der Waals surface area contributed by atoms with Crippen LogP contribution in [0.2, 0.25) is 0 Å². The van der Waals surface area contributed by atoms with Crippen LogP contribution in [0.1, 0.15) is 45.2 Å². The third kappa shape index (κ3) is 5.39. The van der Waals surface area contributed by atoms with Gasteiger partial charge in [0, 0.05) is 0 Å². The van der Waals surface area contributed by atoms with Crippen molar-refractivity contribution in [3.8, 4) is 5.75 Å². The molecule has 1 aliphatic rings. The molecule has 0 spiro atoms. The van der Waals surface area contributed by atoms with E-state index in [0.29, 0.717) is 0 Å². The molecule has 0 unspecified atom stereocenters. The zero-order chi connectivity index (χ0) is 14.9. The molecule has 0 bridgehead atoms. The Bertz CT molecular complexity index is 610. The summed E-state index contributed by atoms with van der Waals surface area (Å²) in [5, 5.41) is 0. The molecule has 1 aromatic carbocycles. The van der Waals surface area contributed by atoms with Crippen molar-refractivity contribution >= 4 is 29.6 Å². The molecule has 0 saturated carbocycles. The molecule has 0 saturated heterocycles. The van der Waals surface area contributed by atoms with Gasteiger partial charge in [0.25, 0.3) is 0 Å². The van der Waals surface area contributed by atoms with Crippen LogP contribution in [0, 0.1) is 6.92 Å². The Kier molecular flexibility index (Phi) is 8.37. The summed E-state index contributed by atoms with van der Waals surface area (Å²) in [4.78, 5) is 4.33. The second-order valence-corrected chi connectivity index (χ2v) is 9.16. The summed E-state index contributed by atoms with van der Waals surface area (Å²) < 4.78 is 7.69. The number of halogens is 2. The molecule has 22 heavy (non-hydrogen) atoms. The molecule has 4 heteroatoms. The van der Waals surface area contributed by atoms with E-state index < -0.39 is 17.8 Å². The normalized spacial score (nSPS) is 13.5. The van der Waals surface area contributed by atoms with Gasteiger partial charge >= 0.3 is 129 Å². The van der Waals surface area contributed by atoms with Crippen LogP contribution < -0.4 is 3.32 Å². The van der Waals surface area contributed by atoms with Crippen LogP contribution in [-0.2, 0) is 23.2 Å². The van der Waals surface area contributed by atoms with Crippen LogP contribution in [0.4, 0.5) is 0 Å². The summed E-state index contributed by atoms with van der Waals surface area (Å²) >= 11 is -1.86. The van der Waals surface area contributed by atoms with Gasteiger partial charge in [0.05, 0.1) is 0 Å². The number of benzene rings is 1. The summed E-state index contributed by atoms with van der Waals surface area (Å²) in [6.45, 7) is 11.0. The van der Waals surface area contributed by atoms with Crippen LogP contribution in [0.5, 0.6) is 5.75 Å². The van der Waals surface area contributed by atoms with Crippen LogP contribution >= 0.6 is 24.8 Å². The fraction of sp³-hybridized carbons (Fsp3) is 0.389. The Morgan fingerprint density at radius 3 is 2.23 bits per heavy atom. The van der Waals surface area contributed by atoms with Crippen LogP contribution in [0.3, 0.4) is 0 Å². The molecule has 2 rings (SSSR count). The van der Waals surface area contributed by atoms with Crippen LogP contribution in [-0.4, -0.2) is 4.82 Å². The molecule has 0 radical (unpaired) electrons. The van der Waals surface area contributed by atoms with E-state index in [0.717, 1.165) is 12.2 Å². The third-order valence-corrected chi connectivity index (χ3v) is 6.40. The average Bonchev–Trinajstić information content (AvgIpc) is 2.73. The minimum absolute atomic E-state index is 0. The monoisotopic (exact) mass is 376 g/mol. The van der Waals surface area contributed by atoms with Gasteiger partial charge in [-0.25, -0.2) is 0 Å². The third-order valence-electron chi connectivity index (χ3n) is 3.66. The van der Waals surface area contributed by atoms with E-state index in [9.17, 15) is 0 Å². The average molecular weight is 377 g/mol. The fourth-order valence-electron chi connectivity index (χ4n) is 2.39. The molecule has 1 nitrogen and oxygen atoms in total. The second kappa shape index (κ2) is 8.50. The predicted molar refractivity (Wildman–Crippen MR) is 98.6 cm³/mol. The van der Waals surface area contributed by atoms with Gasteiger partial charge in [-0.2, -0.15) is 0 Å². The molecule has 0 amide bonds. The Balaban J connectivity index is 0.00000220. The Hall–Kier alpha value is -0.336. The van der Waals surface area contributed by atoms with Gasteiger partial charge in [-0.05, 0) is 0 Å². The molecule has 0 heterocycles. The van der Waals surface area contributed by atoms with E-state index >= 15 is 0 Å². The molecule has 1 aliphatic carbocycles. The van der Waals surface area contributed by atoms with E-state index in [1.165, 1.54) is 20.6 Å². The molecule has 0 N–H and O–H groups in total. The Labute approximate surface area is 153 Å². The number of rotatable bonds is 3. The van der Waals surface area contributed by atoms with Crippen molar-refractivity contribution in [1.82, 2.24) is 0 Å². The van der Waals surface area contributed by atoms with E-state index in [2.05, 4.69) is 69.8 Å². The van der Waals surface area contributed by atoms with Crippen molar-refractivity contribution in [1.29, 1.82) is 0 Å². The van der Waals surface area contributed by atoms with Crippen molar-refractivity contribution in [2.75, 3.05) is 0 Å². The Morgan fingerprint density at radius 2 is 1.73 bits per heavy atom. The van der Waals surface area contributed by atoms with E-state index in [-0.39, 0.29) is 30.2 Å². The second-order valence-electron chi connectivity index (χ2n) is 6.58. The predicted octanol–water partition coefficient (Wildman–Crippen LogP) is 5.71. The Morgan fingerprint density at radius 1 is 1.09 bits per heavy atom. The van der Waals surface area contributed by atoms with Gasteiger partial charge in [-0.15, -0.1) is 24.8 Å². The standard InChI is InChI=1S/C11H16O.C6H7.CH2.2ClH.Ti/c1-8-5-9(11(2,3)4)7-10(12)6-8;1-6-4-2-3-5-6;;;;/h5-7,12H,1-4H3;2,4H,3H2,1H3;1H2;2*1H;/q;;;;;+1/p-1. The molecule has 0 aliphatic heterocycles. The van der Waals surface area contributed by atoms with Gasteiger partial charge in [-0.1, -0.05) is 0 Å². The maximum absolute atomic E-state index is 6.24. The van der Waals surface area contributed by atoms with Gasteiger partial charge in [0.2, 0.25) is 0 Å². The van der Waals surface area contributed by atoms with Crippen molar-refractivity contribution < 1.29 is 21.1 Å². The summed E-state index contributed by atoms with van der Waals surface area (Å²) in [7, 11) is 0. The van der Waals surface area contributed by atoms with Crippen molar-refractivity contribution in [2.45, 2.75) is 46.5 Å². The maximum atomic E-state index is 6.24. The number of hydrogen-bond acceptors (Lipinski definition) is 1. The quantitative estimate of drug-likeness (QED) is 0.613. The molecular formula is C18H26Cl2OTi. The number of allylic oxidation sites excluding steroid dienone is 4. The minimum atomic E-state index is -1.86. The SMILES string of the molecule is Cl.Cl.[CH2]=[Ti]([O]c1cc(C)cc(C(C)(C)C)c1)[C]1=C(C)C=CC1. The van der Waals surface area contributed by atoms with Crippen molar-refractivity contribution in [2.24, 2.45) is 0 Å². The molecule has 0 fully saturated rings. The van der Waals surface area contributed by atoms with E-state index in [1.54, 1.807) is 0 Å². The summed E-state index contributed by atoms with van der Waals surface area (Å²) in [5.74, 6) is 0.993. The van der Waals surface area contributed by atoms with Crippen LogP contribution in [0.25, 0.3) is 0 Å². The first kappa shape index (κ1) is 21.7. The summed E-state index contributed by atoms with van der Waals surface area (Å²) in [5.41, 5.74) is 4.09. The van der Waals surface area contributed by atoms with Gasteiger partial charge in [0.1, 0.15) is 0 Å². The van der Waals surface area contributed by atoms with Crippen molar-refractivity contribution in [3.05, 3.63) is 50.9 Å². The van der Waals surface area contributed by atoms with E-state index in [4.69, 9.17) is 3.32 Å². The van der Waals surface area contributed by atoms with Gasteiger partial charge in [0.15, 0.2) is 0 Å². The fourth-order valence-corrected chi connectivity index (χ4v) is 4.57. The summed E-state index contributed by atoms with van der Waals surface area (Å²) in [6.07, 6.45) is 5.43. The zero-order valence-corrected chi connectivity index (χ0v) is 17.2. The van der Waals surface area contributed by atoms with Crippen LogP contribution in [0.15, 0.2) is 39.8 Å². The number of aryl methyl sites for hydroxylation is 1. The first-order chi connectivity index (χ1) is 9.27. The molecule has 0 atom stereocenters. The topological polar surface area (TPSA) is 9.23 Å². The van der Waals surface area contributed by atoms with Gasteiger partial charge in [-0.3, -0.25) is 0 Å². The van der Waals surface area contributed by atoms with Gasteiger partial charge < -0.3 is 0 Å².